The number of rotatable bonds is 6. The van der Waals surface area contributed by atoms with Crippen LogP contribution in [0.15, 0.2) is 107 Å². The molecule has 0 saturated heterocycles. The van der Waals surface area contributed by atoms with Gasteiger partial charge in [0.2, 0.25) is 0 Å². The van der Waals surface area contributed by atoms with Gasteiger partial charge < -0.3 is 4.55 Å². The Morgan fingerprint density at radius 2 is 0.900 bits per heavy atom. The van der Waals surface area contributed by atoms with E-state index in [1.165, 1.54) is 12.1 Å². The van der Waals surface area contributed by atoms with Crippen LogP contribution >= 0.6 is 0 Å². The average molecular weight is 419 g/mol. The third kappa shape index (κ3) is 4.78. The van der Waals surface area contributed by atoms with Gasteiger partial charge in [0.05, 0.1) is 0 Å². The Kier molecular flexibility index (Phi) is 6.26. The second-order valence-corrected chi connectivity index (χ2v) is 8.57. The summed E-state index contributed by atoms with van der Waals surface area (Å²) in [6.45, 7) is 0. The summed E-state index contributed by atoms with van der Waals surface area (Å²) in [6.07, 6.45) is 0.981. The molecule has 0 aliphatic heterocycles. The van der Waals surface area contributed by atoms with Crippen LogP contribution < -0.4 is 0 Å². The molecule has 0 N–H and O–H groups in total. The SMILES string of the molecule is [O-][S+](c1ccc(Cc2ccccc2F)cc1)c1ccc(Cc2ccccc2F)cc1. The summed E-state index contributed by atoms with van der Waals surface area (Å²) in [6, 6.07) is 28.2. The lowest BCUT2D eigenvalue weighted by Gasteiger charge is -2.11. The fourth-order valence-corrected chi connectivity index (χ4v) is 4.36. The minimum absolute atomic E-state index is 0.222. The van der Waals surface area contributed by atoms with Gasteiger partial charge in [0.1, 0.15) is 11.6 Å². The molecule has 0 atom stereocenters. The monoisotopic (exact) mass is 418 g/mol. The van der Waals surface area contributed by atoms with E-state index in [9.17, 15) is 13.3 Å². The van der Waals surface area contributed by atoms with Crippen LogP contribution in [0, 0.1) is 11.6 Å². The zero-order valence-corrected chi connectivity index (χ0v) is 17.0. The van der Waals surface area contributed by atoms with E-state index in [1.807, 2.05) is 60.7 Å². The Labute approximate surface area is 178 Å². The van der Waals surface area contributed by atoms with Gasteiger partial charge in [-0.25, -0.2) is 8.78 Å². The molecule has 0 saturated carbocycles. The second kappa shape index (κ2) is 9.24. The van der Waals surface area contributed by atoms with Gasteiger partial charge in [-0.3, -0.25) is 0 Å². The highest BCUT2D eigenvalue weighted by Gasteiger charge is 2.15. The van der Waals surface area contributed by atoms with Crippen LogP contribution in [0.1, 0.15) is 22.3 Å². The summed E-state index contributed by atoms with van der Waals surface area (Å²) in [4.78, 5) is 1.38. The normalized spacial score (nSPS) is 11.1. The van der Waals surface area contributed by atoms with Crippen molar-refractivity contribution < 1.29 is 13.3 Å². The molecule has 0 unspecified atom stereocenters. The Morgan fingerprint density at radius 1 is 0.533 bits per heavy atom. The van der Waals surface area contributed by atoms with Crippen LogP contribution in [0.4, 0.5) is 8.78 Å². The van der Waals surface area contributed by atoms with Gasteiger partial charge >= 0.3 is 0 Å². The maximum Gasteiger partial charge on any atom is 0.158 e. The van der Waals surface area contributed by atoms with Gasteiger partial charge in [-0.2, -0.15) is 0 Å². The molecule has 0 heterocycles. The molecule has 4 aromatic carbocycles. The zero-order chi connectivity index (χ0) is 20.9. The lowest BCUT2D eigenvalue weighted by molar-refractivity contribution is 0.595. The van der Waals surface area contributed by atoms with E-state index < -0.39 is 11.2 Å². The van der Waals surface area contributed by atoms with Crippen molar-refractivity contribution in [2.75, 3.05) is 0 Å². The van der Waals surface area contributed by atoms with Crippen molar-refractivity contribution in [3.05, 3.63) is 131 Å². The summed E-state index contributed by atoms with van der Waals surface area (Å²) in [7, 11) is 0. The molecule has 150 valence electrons. The predicted octanol–water partition coefficient (Wildman–Crippen LogP) is 6.31. The molecular weight excluding hydrogens is 398 g/mol. The van der Waals surface area contributed by atoms with Crippen molar-refractivity contribution in [2.45, 2.75) is 22.6 Å². The van der Waals surface area contributed by atoms with E-state index >= 15 is 0 Å². The first-order valence-corrected chi connectivity index (χ1v) is 10.8. The Hall–Kier alpha value is -2.95. The Morgan fingerprint density at radius 3 is 1.27 bits per heavy atom. The van der Waals surface area contributed by atoms with Crippen molar-refractivity contribution in [3.63, 3.8) is 0 Å². The number of halogens is 2. The molecule has 1 nitrogen and oxygen atoms in total. The van der Waals surface area contributed by atoms with E-state index in [-0.39, 0.29) is 11.6 Å². The quantitative estimate of drug-likeness (QED) is 0.336. The number of benzene rings is 4. The smallest absolute Gasteiger partial charge is 0.158 e. The van der Waals surface area contributed by atoms with Gasteiger partial charge in [-0.05, 0) is 58.7 Å². The van der Waals surface area contributed by atoms with Crippen molar-refractivity contribution in [1.29, 1.82) is 0 Å². The second-order valence-electron chi connectivity index (χ2n) is 7.09. The Bertz CT molecular complexity index is 1030. The zero-order valence-electron chi connectivity index (χ0n) is 16.2. The minimum Gasteiger partial charge on any atom is -0.606 e. The van der Waals surface area contributed by atoms with Gasteiger partial charge in [-0.1, -0.05) is 60.7 Å². The average Bonchev–Trinajstić information content (AvgIpc) is 2.77. The van der Waals surface area contributed by atoms with Crippen molar-refractivity contribution >= 4 is 11.2 Å². The van der Waals surface area contributed by atoms with Crippen LogP contribution in [-0.2, 0) is 24.0 Å². The van der Waals surface area contributed by atoms with Crippen molar-refractivity contribution in [2.24, 2.45) is 0 Å². The minimum atomic E-state index is -1.31. The molecule has 0 fully saturated rings. The lowest BCUT2D eigenvalue weighted by atomic mass is 10.0. The largest absolute Gasteiger partial charge is 0.606 e. The van der Waals surface area contributed by atoms with Gasteiger partial charge in [0, 0.05) is 24.0 Å². The summed E-state index contributed by atoms with van der Waals surface area (Å²) in [5, 5.41) is 0. The van der Waals surface area contributed by atoms with Crippen LogP contribution in [0.5, 0.6) is 0 Å². The topological polar surface area (TPSA) is 23.1 Å². The van der Waals surface area contributed by atoms with E-state index in [0.29, 0.717) is 33.8 Å². The molecular formula is C26H20F2OS. The lowest BCUT2D eigenvalue weighted by Crippen LogP contribution is -2.03. The van der Waals surface area contributed by atoms with Crippen molar-refractivity contribution in [1.82, 2.24) is 0 Å². The van der Waals surface area contributed by atoms with Crippen molar-refractivity contribution in [3.8, 4) is 0 Å². The molecule has 30 heavy (non-hydrogen) atoms. The van der Waals surface area contributed by atoms with Crippen LogP contribution in [-0.4, -0.2) is 4.55 Å². The summed E-state index contributed by atoms with van der Waals surface area (Å²) in [5.41, 5.74) is 3.19. The van der Waals surface area contributed by atoms with Crippen LogP contribution in [0.25, 0.3) is 0 Å². The van der Waals surface area contributed by atoms with Crippen LogP contribution in [0.2, 0.25) is 0 Å². The molecule has 0 amide bonds. The number of hydrogen-bond donors (Lipinski definition) is 0. The highest BCUT2D eigenvalue weighted by molar-refractivity contribution is 7.91. The van der Waals surface area contributed by atoms with Gasteiger partial charge in [0.25, 0.3) is 0 Å². The molecule has 0 aliphatic rings. The molecule has 0 spiro atoms. The molecule has 4 aromatic rings. The highest BCUT2D eigenvalue weighted by atomic mass is 32.2. The summed E-state index contributed by atoms with van der Waals surface area (Å²) in [5.74, 6) is -0.443. The number of hydrogen-bond acceptors (Lipinski definition) is 1. The molecule has 0 aromatic heterocycles. The standard InChI is InChI=1S/C26H20F2OS/c27-25-7-3-1-5-21(25)17-19-9-13-23(14-10-19)30(29)24-15-11-20(12-16-24)18-22-6-2-4-8-26(22)28/h1-16H,17-18H2. The molecule has 0 aliphatic carbocycles. The molecule has 4 rings (SSSR count). The first kappa shape index (κ1) is 20.3. The Balaban J connectivity index is 1.44. The molecule has 0 bridgehead atoms. The highest BCUT2D eigenvalue weighted by Crippen LogP contribution is 2.23. The van der Waals surface area contributed by atoms with Gasteiger partial charge in [-0.15, -0.1) is 0 Å². The first-order chi connectivity index (χ1) is 14.6. The predicted molar refractivity (Wildman–Crippen MR) is 116 cm³/mol. The third-order valence-electron chi connectivity index (χ3n) is 4.98. The summed E-state index contributed by atoms with van der Waals surface area (Å²) >= 11 is -1.31. The first-order valence-electron chi connectivity index (χ1n) is 9.66. The van der Waals surface area contributed by atoms with E-state index in [0.717, 1.165) is 11.1 Å². The van der Waals surface area contributed by atoms with E-state index in [1.54, 1.807) is 24.3 Å². The van der Waals surface area contributed by atoms with E-state index in [2.05, 4.69) is 0 Å². The summed E-state index contributed by atoms with van der Waals surface area (Å²) < 4.78 is 40.5. The fourth-order valence-electron chi connectivity index (χ4n) is 3.32. The van der Waals surface area contributed by atoms with Crippen LogP contribution in [0.3, 0.4) is 0 Å². The van der Waals surface area contributed by atoms with Gasteiger partial charge in [0.15, 0.2) is 9.79 Å². The maximum absolute atomic E-state index is 13.8. The maximum atomic E-state index is 13.8. The molecule has 4 heteroatoms. The van der Waals surface area contributed by atoms with E-state index in [4.69, 9.17) is 0 Å². The molecule has 0 radical (unpaired) electrons. The third-order valence-corrected chi connectivity index (χ3v) is 6.38. The fraction of sp³-hybridized carbons (Fsp3) is 0.0769.